The van der Waals surface area contributed by atoms with E-state index >= 15 is 0 Å². The van der Waals surface area contributed by atoms with Gasteiger partial charge in [0.25, 0.3) is 11.5 Å². The highest BCUT2D eigenvalue weighted by Gasteiger charge is 2.07. The Kier molecular flexibility index (Phi) is 2.87. The first-order chi connectivity index (χ1) is 8.16. The second-order valence-electron chi connectivity index (χ2n) is 3.34. The first kappa shape index (κ1) is 10.9. The molecule has 17 heavy (non-hydrogen) atoms. The zero-order valence-electron chi connectivity index (χ0n) is 8.81. The fourth-order valence-corrected chi connectivity index (χ4v) is 1.36. The molecular formula is C11H10N4O2. The molecule has 0 aliphatic rings. The molecule has 0 aliphatic carbocycles. The molecule has 0 saturated carbocycles. The molecule has 0 bridgehead atoms. The molecule has 0 atom stereocenters. The molecule has 2 rings (SSSR count). The van der Waals surface area contributed by atoms with Gasteiger partial charge in [-0.1, -0.05) is 12.1 Å². The van der Waals surface area contributed by atoms with Crippen molar-refractivity contribution in [2.45, 2.75) is 0 Å². The summed E-state index contributed by atoms with van der Waals surface area (Å²) in [6.45, 7) is 0. The van der Waals surface area contributed by atoms with Crippen LogP contribution in [0.5, 0.6) is 0 Å². The minimum atomic E-state index is -0.530. The Hall–Kier alpha value is -2.63. The second-order valence-corrected chi connectivity index (χ2v) is 3.34. The number of amides is 1. The van der Waals surface area contributed by atoms with Crippen LogP contribution in [0.3, 0.4) is 0 Å². The summed E-state index contributed by atoms with van der Waals surface area (Å²) in [6.07, 6.45) is 0. The number of para-hydroxylation sites is 1. The number of hydrogen-bond donors (Lipinski definition) is 3. The lowest BCUT2D eigenvalue weighted by Crippen LogP contribution is -2.14. The van der Waals surface area contributed by atoms with Crippen LogP contribution in [0.2, 0.25) is 0 Å². The first-order valence-corrected chi connectivity index (χ1v) is 4.88. The standard InChI is InChI=1S/C11H10N4O2/c12-11(17)7-3-1-2-4-8(7)13-9-5-6-10(16)15-14-9/h1-6H,(H2,12,17)(H,13,14)(H,15,16). The number of primary amides is 1. The van der Waals surface area contributed by atoms with Gasteiger partial charge in [0.15, 0.2) is 5.82 Å². The number of anilines is 2. The number of rotatable bonds is 3. The lowest BCUT2D eigenvalue weighted by molar-refractivity contribution is 0.100. The van der Waals surface area contributed by atoms with E-state index in [-0.39, 0.29) is 5.56 Å². The summed E-state index contributed by atoms with van der Waals surface area (Å²) in [5.41, 5.74) is 5.85. The van der Waals surface area contributed by atoms with Crippen LogP contribution in [0.15, 0.2) is 41.2 Å². The van der Waals surface area contributed by atoms with Gasteiger partial charge in [0.05, 0.1) is 11.3 Å². The third-order valence-electron chi connectivity index (χ3n) is 2.13. The Labute approximate surface area is 96.5 Å². The first-order valence-electron chi connectivity index (χ1n) is 4.88. The van der Waals surface area contributed by atoms with Gasteiger partial charge in [0, 0.05) is 6.07 Å². The van der Waals surface area contributed by atoms with E-state index in [2.05, 4.69) is 15.5 Å². The molecule has 4 N–H and O–H groups in total. The van der Waals surface area contributed by atoms with Crippen molar-refractivity contribution in [3.8, 4) is 0 Å². The summed E-state index contributed by atoms with van der Waals surface area (Å²) >= 11 is 0. The SMILES string of the molecule is NC(=O)c1ccccc1Nc1ccc(=O)[nH]n1. The molecule has 1 amide bonds. The molecule has 0 unspecified atom stereocenters. The summed E-state index contributed by atoms with van der Waals surface area (Å²) in [5, 5.41) is 8.96. The van der Waals surface area contributed by atoms with Crippen molar-refractivity contribution < 1.29 is 4.79 Å². The number of H-pyrrole nitrogens is 1. The van der Waals surface area contributed by atoms with Crippen LogP contribution in [-0.2, 0) is 0 Å². The van der Waals surface area contributed by atoms with Crippen molar-refractivity contribution in [2.75, 3.05) is 5.32 Å². The van der Waals surface area contributed by atoms with Gasteiger partial charge in [-0.15, -0.1) is 0 Å². The third-order valence-corrected chi connectivity index (χ3v) is 2.13. The van der Waals surface area contributed by atoms with Crippen LogP contribution in [0.1, 0.15) is 10.4 Å². The minimum absolute atomic E-state index is 0.293. The van der Waals surface area contributed by atoms with Gasteiger partial charge in [0.1, 0.15) is 0 Å². The summed E-state index contributed by atoms with van der Waals surface area (Å²) in [6, 6.07) is 9.63. The molecule has 6 heteroatoms. The van der Waals surface area contributed by atoms with Crippen LogP contribution < -0.4 is 16.6 Å². The monoisotopic (exact) mass is 230 g/mol. The zero-order chi connectivity index (χ0) is 12.3. The lowest BCUT2D eigenvalue weighted by atomic mass is 10.1. The van der Waals surface area contributed by atoms with Crippen molar-refractivity contribution in [3.63, 3.8) is 0 Å². The van der Waals surface area contributed by atoms with Crippen LogP contribution in [-0.4, -0.2) is 16.1 Å². The van der Waals surface area contributed by atoms with Gasteiger partial charge in [-0.05, 0) is 18.2 Å². The Balaban J connectivity index is 2.33. The molecule has 1 heterocycles. The van der Waals surface area contributed by atoms with E-state index in [0.717, 1.165) is 0 Å². The number of hydrogen-bond acceptors (Lipinski definition) is 4. The topological polar surface area (TPSA) is 101 Å². The Morgan fingerprint density at radius 1 is 1.24 bits per heavy atom. The van der Waals surface area contributed by atoms with Gasteiger partial charge in [-0.25, -0.2) is 5.10 Å². The van der Waals surface area contributed by atoms with E-state index in [4.69, 9.17) is 5.73 Å². The van der Waals surface area contributed by atoms with Crippen LogP contribution >= 0.6 is 0 Å². The Bertz CT molecular complexity index is 586. The van der Waals surface area contributed by atoms with Crippen molar-refractivity contribution in [3.05, 3.63) is 52.3 Å². The smallest absolute Gasteiger partial charge is 0.264 e. The van der Waals surface area contributed by atoms with Crippen molar-refractivity contribution in [2.24, 2.45) is 5.73 Å². The largest absolute Gasteiger partial charge is 0.366 e. The molecule has 6 nitrogen and oxygen atoms in total. The molecule has 0 radical (unpaired) electrons. The molecule has 2 aromatic rings. The fraction of sp³-hybridized carbons (Fsp3) is 0. The Morgan fingerprint density at radius 3 is 2.65 bits per heavy atom. The number of nitrogens with one attached hydrogen (secondary N) is 2. The maximum atomic E-state index is 11.2. The van der Waals surface area contributed by atoms with E-state index in [1.165, 1.54) is 12.1 Å². The van der Waals surface area contributed by atoms with Crippen LogP contribution in [0.25, 0.3) is 0 Å². The Morgan fingerprint density at radius 2 is 2.00 bits per heavy atom. The fourth-order valence-electron chi connectivity index (χ4n) is 1.36. The van der Waals surface area contributed by atoms with Gasteiger partial charge in [0.2, 0.25) is 0 Å². The maximum Gasteiger partial charge on any atom is 0.264 e. The van der Waals surface area contributed by atoms with Crippen molar-refractivity contribution >= 4 is 17.4 Å². The van der Waals surface area contributed by atoms with E-state index < -0.39 is 5.91 Å². The highest BCUT2D eigenvalue weighted by atomic mass is 16.1. The molecule has 1 aromatic heterocycles. The quantitative estimate of drug-likeness (QED) is 0.719. The summed E-state index contributed by atoms with van der Waals surface area (Å²) < 4.78 is 0. The lowest BCUT2D eigenvalue weighted by Gasteiger charge is -2.08. The van der Waals surface area contributed by atoms with E-state index in [1.807, 2.05) is 0 Å². The molecule has 0 saturated heterocycles. The van der Waals surface area contributed by atoms with E-state index in [9.17, 15) is 9.59 Å². The number of aromatic nitrogens is 2. The maximum absolute atomic E-state index is 11.2. The number of nitrogens with two attached hydrogens (primary N) is 1. The van der Waals surface area contributed by atoms with E-state index in [0.29, 0.717) is 17.1 Å². The van der Waals surface area contributed by atoms with Crippen molar-refractivity contribution in [1.29, 1.82) is 0 Å². The van der Waals surface area contributed by atoms with Gasteiger partial charge >= 0.3 is 0 Å². The average Bonchev–Trinajstić information content (AvgIpc) is 2.32. The average molecular weight is 230 g/mol. The van der Waals surface area contributed by atoms with Gasteiger partial charge < -0.3 is 11.1 Å². The van der Waals surface area contributed by atoms with Crippen LogP contribution in [0, 0.1) is 0 Å². The summed E-state index contributed by atoms with van der Waals surface area (Å²) in [4.78, 5) is 22.0. The number of nitrogens with zero attached hydrogens (tertiary/aromatic N) is 1. The van der Waals surface area contributed by atoms with E-state index in [1.54, 1.807) is 24.3 Å². The number of aromatic amines is 1. The summed E-state index contributed by atoms with van der Waals surface area (Å²) in [7, 11) is 0. The molecular weight excluding hydrogens is 220 g/mol. The van der Waals surface area contributed by atoms with Gasteiger partial charge in [-0.3, -0.25) is 9.59 Å². The molecule has 0 spiro atoms. The number of benzene rings is 1. The molecule has 0 fully saturated rings. The van der Waals surface area contributed by atoms with Crippen LogP contribution in [0.4, 0.5) is 11.5 Å². The number of carbonyl (C=O) groups is 1. The highest BCUT2D eigenvalue weighted by molar-refractivity contribution is 5.99. The predicted octanol–water partition coefficient (Wildman–Crippen LogP) is 0.612. The molecule has 1 aromatic carbocycles. The highest BCUT2D eigenvalue weighted by Crippen LogP contribution is 2.17. The summed E-state index contributed by atoms with van der Waals surface area (Å²) in [5.74, 6) is -0.101. The molecule has 0 aliphatic heterocycles. The molecule has 86 valence electrons. The second kappa shape index (κ2) is 4.48. The normalized spacial score (nSPS) is 9.88. The zero-order valence-corrected chi connectivity index (χ0v) is 8.81. The number of carbonyl (C=O) groups excluding carboxylic acids is 1. The third kappa shape index (κ3) is 2.49. The predicted molar refractivity (Wildman–Crippen MR) is 63.1 cm³/mol. The minimum Gasteiger partial charge on any atom is -0.366 e. The van der Waals surface area contributed by atoms with Crippen molar-refractivity contribution in [1.82, 2.24) is 10.2 Å². The van der Waals surface area contributed by atoms with Gasteiger partial charge in [-0.2, -0.15) is 5.10 Å².